The van der Waals surface area contributed by atoms with E-state index < -0.39 is 17.7 Å². The molecule has 0 amide bonds. The average Bonchev–Trinajstić information content (AvgIpc) is 2.91. The van der Waals surface area contributed by atoms with E-state index in [0.29, 0.717) is 22.6 Å². The fourth-order valence-electron chi connectivity index (χ4n) is 3.98. The van der Waals surface area contributed by atoms with Crippen LogP contribution in [0.1, 0.15) is 22.3 Å². The molecule has 4 aromatic rings. The Morgan fingerprint density at radius 2 is 1.59 bits per heavy atom. The first-order chi connectivity index (χ1) is 18.6. The van der Waals surface area contributed by atoms with Crippen LogP contribution in [0.3, 0.4) is 0 Å². The van der Waals surface area contributed by atoms with Gasteiger partial charge in [-0.15, -0.1) is 11.8 Å². The number of carboxylic acids is 1. The van der Waals surface area contributed by atoms with E-state index in [1.54, 1.807) is 23.9 Å². The Balaban J connectivity index is 1.57. The van der Waals surface area contributed by atoms with E-state index in [4.69, 9.17) is 9.84 Å². The van der Waals surface area contributed by atoms with E-state index in [2.05, 4.69) is 22.0 Å². The third-order valence-corrected chi connectivity index (χ3v) is 7.36. The number of alkyl halides is 3. The molecule has 0 atom stereocenters. The molecule has 0 unspecified atom stereocenters. The highest BCUT2D eigenvalue weighted by Gasteiger charge is 2.30. The molecule has 0 fully saturated rings. The van der Waals surface area contributed by atoms with E-state index in [-0.39, 0.29) is 6.61 Å². The molecule has 0 bridgehead atoms. The lowest BCUT2D eigenvalue weighted by molar-refractivity contribution is -0.139. The van der Waals surface area contributed by atoms with Gasteiger partial charge in [-0.25, -0.2) is 4.79 Å². The quantitative estimate of drug-likeness (QED) is 0.191. The van der Waals surface area contributed by atoms with Crippen LogP contribution in [0.5, 0.6) is 5.75 Å². The third kappa shape index (κ3) is 7.77. The van der Waals surface area contributed by atoms with Gasteiger partial charge in [0.15, 0.2) is 6.61 Å². The summed E-state index contributed by atoms with van der Waals surface area (Å²) in [4.78, 5) is 11.8. The number of hydrogen-bond donors (Lipinski definition) is 1. The van der Waals surface area contributed by atoms with Crippen LogP contribution in [0, 0.1) is 6.92 Å². The Kier molecular flexibility index (Phi) is 9.20. The molecule has 0 aliphatic heterocycles. The van der Waals surface area contributed by atoms with Crippen molar-refractivity contribution in [3.05, 3.63) is 124 Å². The molecule has 0 spiro atoms. The third-order valence-electron chi connectivity index (χ3n) is 5.91. The van der Waals surface area contributed by atoms with Crippen LogP contribution < -0.4 is 4.74 Å². The number of aryl methyl sites for hydroxylation is 1. The van der Waals surface area contributed by atoms with E-state index in [1.807, 2.05) is 67.6 Å². The Bertz CT molecular complexity index is 1480. The highest BCUT2D eigenvalue weighted by atomic mass is 79.9. The minimum Gasteiger partial charge on any atom is -0.482 e. The topological polar surface area (TPSA) is 46.5 Å². The predicted molar refractivity (Wildman–Crippen MR) is 153 cm³/mol. The molecule has 0 heterocycles. The lowest BCUT2D eigenvalue weighted by Crippen LogP contribution is -2.09. The highest BCUT2D eigenvalue weighted by molar-refractivity contribution is 9.10. The molecule has 4 rings (SSSR count). The maximum absolute atomic E-state index is 13.2. The van der Waals surface area contributed by atoms with Crippen molar-refractivity contribution in [1.29, 1.82) is 0 Å². The van der Waals surface area contributed by atoms with E-state index in [0.717, 1.165) is 43.8 Å². The summed E-state index contributed by atoms with van der Waals surface area (Å²) in [6.07, 6.45) is -2.27. The van der Waals surface area contributed by atoms with Gasteiger partial charge in [-0.2, -0.15) is 13.2 Å². The van der Waals surface area contributed by atoms with Crippen LogP contribution in [0.25, 0.3) is 16.7 Å². The van der Waals surface area contributed by atoms with Crippen molar-refractivity contribution in [3.8, 4) is 16.9 Å². The zero-order valence-electron chi connectivity index (χ0n) is 20.8. The summed E-state index contributed by atoms with van der Waals surface area (Å²) in [6, 6.07) is 26.4. The Labute approximate surface area is 237 Å². The number of hydrogen-bond acceptors (Lipinski definition) is 3. The summed E-state index contributed by atoms with van der Waals surface area (Å²) in [5, 5.41) is 8.83. The van der Waals surface area contributed by atoms with E-state index >= 15 is 0 Å². The normalized spacial score (nSPS) is 11.9. The molecule has 200 valence electrons. The number of carbonyl (C=O) groups is 1. The largest absolute Gasteiger partial charge is 0.482 e. The first-order valence-electron chi connectivity index (χ1n) is 11.9. The zero-order valence-corrected chi connectivity index (χ0v) is 23.2. The van der Waals surface area contributed by atoms with Crippen LogP contribution in [-0.4, -0.2) is 23.4 Å². The van der Waals surface area contributed by atoms with Gasteiger partial charge >= 0.3 is 12.1 Å². The second kappa shape index (κ2) is 12.6. The fourth-order valence-corrected chi connectivity index (χ4v) is 5.11. The summed E-state index contributed by atoms with van der Waals surface area (Å²) < 4.78 is 45.8. The van der Waals surface area contributed by atoms with Gasteiger partial charge in [0.1, 0.15) is 5.75 Å². The van der Waals surface area contributed by atoms with Crippen molar-refractivity contribution in [1.82, 2.24) is 0 Å². The van der Waals surface area contributed by atoms with Crippen molar-refractivity contribution in [2.45, 2.75) is 18.0 Å². The molecule has 0 saturated carbocycles. The molecule has 8 heteroatoms. The molecule has 0 aliphatic rings. The highest BCUT2D eigenvalue weighted by Crippen LogP contribution is 2.34. The minimum atomic E-state index is -4.39. The lowest BCUT2D eigenvalue weighted by atomic mass is 9.95. The fraction of sp³-hybridized carbons (Fsp3) is 0.129. The monoisotopic (exact) mass is 612 g/mol. The number of carboxylic acid groups (broad SMARTS) is 1. The predicted octanol–water partition coefficient (Wildman–Crippen LogP) is 9.13. The Morgan fingerprint density at radius 1 is 0.923 bits per heavy atom. The molecule has 3 nitrogen and oxygen atoms in total. The van der Waals surface area contributed by atoms with Gasteiger partial charge in [-0.3, -0.25) is 0 Å². The van der Waals surface area contributed by atoms with Crippen LogP contribution in [0.2, 0.25) is 0 Å². The maximum Gasteiger partial charge on any atom is 0.416 e. The average molecular weight is 613 g/mol. The molecule has 4 aromatic carbocycles. The van der Waals surface area contributed by atoms with Crippen molar-refractivity contribution in [2.24, 2.45) is 0 Å². The van der Waals surface area contributed by atoms with E-state index in [9.17, 15) is 18.0 Å². The molecular weight excluding hydrogens is 589 g/mol. The van der Waals surface area contributed by atoms with Crippen molar-refractivity contribution >= 4 is 39.2 Å². The van der Waals surface area contributed by atoms with Crippen LogP contribution in [0.15, 0.2) is 106 Å². The molecule has 0 aromatic heterocycles. The van der Waals surface area contributed by atoms with Gasteiger partial charge in [-0.05, 0) is 82.8 Å². The summed E-state index contributed by atoms with van der Waals surface area (Å²) in [5.74, 6) is 0.172. The summed E-state index contributed by atoms with van der Waals surface area (Å²) in [5.41, 5.74) is 4.35. The van der Waals surface area contributed by atoms with Crippen LogP contribution >= 0.6 is 27.7 Å². The van der Waals surface area contributed by atoms with Crippen LogP contribution in [-0.2, 0) is 11.0 Å². The van der Waals surface area contributed by atoms with E-state index in [1.165, 1.54) is 6.07 Å². The number of halogens is 4. The molecule has 0 radical (unpaired) electrons. The standard InChI is InChI=1S/C31H24BrF3O3S/c1-20-17-27(13-14-29(20)38-19-30(36)37)39-16-15-28(23-9-11-26(32)12-10-23)22-7-5-21(6-8-22)24-3-2-4-25(18-24)31(33,34)35/h2-15,17-18H,16,19H2,1H3,(H,36,37). The molecule has 1 N–H and O–H groups in total. The van der Waals surface area contributed by atoms with Gasteiger partial charge in [0, 0.05) is 15.1 Å². The molecule has 0 aliphatic carbocycles. The number of thioether (sulfide) groups is 1. The first-order valence-corrected chi connectivity index (χ1v) is 13.7. The lowest BCUT2D eigenvalue weighted by Gasteiger charge is -2.12. The van der Waals surface area contributed by atoms with Crippen molar-refractivity contribution in [3.63, 3.8) is 0 Å². The molecular formula is C31H24BrF3O3S. The van der Waals surface area contributed by atoms with Gasteiger partial charge in [0.25, 0.3) is 0 Å². The number of aliphatic carboxylic acids is 1. The van der Waals surface area contributed by atoms with Crippen LogP contribution in [0.4, 0.5) is 13.2 Å². The number of benzene rings is 4. The second-order valence-electron chi connectivity index (χ2n) is 8.70. The van der Waals surface area contributed by atoms with Gasteiger partial charge in [0.2, 0.25) is 0 Å². The summed E-state index contributed by atoms with van der Waals surface area (Å²) >= 11 is 5.10. The molecule has 0 saturated heterocycles. The van der Waals surface area contributed by atoms with Crippen molar-refractivity contribution in [2.75, 3.05) is 12.4 Å². The second-order valence-corrected chi connectivity index (χ2v) is 10.7. The van der Waals surface area contributed by atoms with Gasteiger partial charge in [-0.1, -0.05) is 70.5 Å². The number of ether oxygens (including phenoxy) is 1. The maximum atomic E-state index is 13.2. The smallest absolute Gasteiger partial charge is 0.416 e. The summed E-state index contributed by atoms with van der Waals surface area (Å²) in [6.45, 7) is 1.48. The Morgan fingerprint density at radius 3 is 2.21 bits per heavy atom. The number of rotatable bonds is 9. The van der Waals surface area contributed by atoms with Gasteiger partial charge < -0.3 is 9.84 Å². The molecule has 39 heavy (non-hydrogen) atoms. The van der Waals surface area contributed by atoms with Gasteiger partial charge in [0.05, 0.1) is 5.56 Å². The zero-order chi connectivity index (χ0) is 28.0. The Hall–Kier alpha value is -3.49. The SMILES string of the molecule is Cc1cc(SCC=C(c2ccc(Br)cc2)c2ccc(-c3cccc(C(F)(F)F)c3)cc2)ccc1OCC(=O)O. The summed E-state index contributed by atoms with van der Waals surface area (Å²) in [7, 11) is 0. The van der Waals surface area contributed by atoms with Crippen molar-refractivity contribution < 1.29 is 27.8 Å². The minimum absolute atomic E-state index is 0.390. The first kappa shape index (κ1) is 28.5.